The molecular formula is C25H20Cl4N3O3+. The van der Waals surface area contributed by atoms with Crippen LogP contribution >= 0.6 is 46.4 Å². The first-order valence-electron chi connectivity index (χ1n) is 10.6. The van der Waals surface area contributed by atoms with Gasteiger partial charge in [0, 0.05) is 31.7 Å². The molecule has 0 N–H and O–H groups in total. The van der Waals surface area contributed by atoms with Gasteiger partial charge in [-0.25, -0.2) is 9.13 Å². The van der Waals surface area contributed by atoms with Crippen LogP contribution in [0.15, 0.2) is 79.4 Å². The summed E-state index contributed by atoms with van der Waals surface area (Å²) in [5.41, 5.74) is 2.28. The van der Waals surface area contributed by atoms with Gasteiger partial charge >= 0.3 is 0 Å². The Morgan fingerprint density at radius 2 is 1.66 bits per heavy atom. The van der Waals surface area contributed by atoms with Gasteiger partial charge in [0.15, 0.2) is 0 Å². The average molecular weight is 552 g/mol. The first-order valence-corrected chi connectivity index (χ1v) is 12.1. The van der Waals surface area contributed by atoms with Gasteiger partial charge in [0.05, 0.1) is 17.1 Å². The summed E-state index contributed by atoms with van der Waals surface area (Å²) in [6.07, 6.45) is 5.18. The Morgan fingerprint density at radius 1 is 0.943 bits per heavy atom. The quantitative estimate of drug-likeness (QED) is 0.124. The van der Waals surface area contributed by atoms with E-state index in [4.69, 9.17) is 51.1 Å². The van der Waals surface area contributed by atoms with E-state index in [9.17, 15) is 10.1 Å². The number of para-hydroxylation sites is 1. The lowest BCUT2D eigenvalue weighted by atomic mass is 10.1. The van der Waals surface area contributed by atoms with Gasteiger partial charge in [0.25, 0.3) is 5.69 Å². The Morgan fingerprint density at radius 3 is 2.37 bits per heavy atom. The lowest BCUT2D eigenvalue weighted by molar-refractivity contribution is -0.688. The van der Waals surface area contributed by atoms with E-state index in [0.717, 1.165) is 11.1 Å². The summed E-state index contributed by atoms with van der Waals surface area (Å²) < 4.78 is 10.1. The first kappa shape index (κ1) is 25.5. The number of nitrogens with zero attached hydrogens (tertiary/aromatic N) is 3. The fourth-order valence-corrected chi connectivity index (χ4v) is 4.68. The Kier molecular flexibility index (Phi) is 8.31. The van der Waals surface area contributed by atoms with E-state index >= 15 is 0 Å². The molecule has 1 aromatic heterocycles. The highest BCUT2D eigenvalue weighted by molar-refractivity contribution is 6.35. The molecule has 1 atom stereocenters. The summed E-state index contributed by atoms with van der Waals surface area (Å²) in [4.78, 5) is 11.0. The zero-order valence-corrected chi connectivity index (χ0v) is 21.3. The Balaban J connectivity index is 1.55. The second-order valence-electron chi connectivity index (χ2n) is 7.87. The molecular weight excluding hydrogens is 532 g/mol. The number of benzene rings is 3. The minimum absolute atomic E-state index is 0.0850. The van der Waals surface area contributed by atoms with Crippen molar-refractivity contribution in [1.82, 2.24) is 4.57 Å². The third-order valence-electron chi connectivity index (χ3n) is 5.43. The second kappa shape index (κ2) is 11.4. The molecule has 0 bridgehead atoms. The molecule has 0 spiro atoms. The summed E-state index contributed by atoms with van der Waals surface area (Å²) in [7, 11) is 0. The van der Waals surface area contributed by atoms with Crippen molar-refractivity contribution in [1.29, 1.82) is 0 Å². The van der Waals surface area contributed by atoms with Crippen LogP contribution in [0, 0.1) is 10.1 Å². The lowest BCUT2D eigenvalue weighted by Gasteiger charge is -2.19. The molecule has 1 heterocycles. The maximum absolute atomic E-state index is 11.3. The highest BCUT2D eigenvalue weighted by Crippen LogP contribution is 2.31. The largest absolute Gasteiger partial charge is 0.365 e. The van der Waals surface area contributed by atoms with Crippen molar-refractivity contribution in [3.05, 3.63) is 126 Å². The molecule has 0 saturated heterocycles. The van der Waals surface area contributed by atoms with Gasteiger partial charge in [-0.3, -0.25) is 10.1 Å². The summed E-state index contributed by atoms with van der Waals surface area (Å²) >= 11 is 24.9. The number of imidazole rings is 1. The molecule has 0 aliphatic heterocycles. The molecule has 4 aromatic rings. The first-order chi connectivity index (χ1) is 16.8. The standard InChI is InChI=1S/C25H20Cl4N3O3/c26-19-6-5-18(22(28)11-19)15-35-25(21-8-7-20(27)12-23(21)29)14-31-10-9-30(16-31)13-17-3-1-2-4-24(17)32(33)34/h1-12,16,25H,13-15H2/q+1. The average Bonchev–Trinajstić information content (AvgIpc) is 3.25. The number of hydrogen-bond acceptors (Lipinski definition) is 3. The Bertz CT molecular complexity index is 1360. The number of rotatable bonds is 9. The van der Waals surface area contributed by atoms with E-state index in [0.29, 0.717) is 38.7 Å². The number of nitro benzene ring substituents is 1. The van der Waals surface area contributed by atoms with Gasteiger partial charge in [-0.1, -0.05) is 70.7 Å². The summed E-state index contributed by atoms with van der Waals surface area (Å²) in [6, 6.07) is 17.2. The topological polar surface area (TPSA) is 61.2 Å². The minimum Gasteiger partial charge on any atom is -0.365 e. The SMILES string of the molecule is O=[N+]([O-])c1ccccc1C[n+]1ccn(CC(OCc2ccc(Cl)cc2Cl)c2ccc(Cl)cc2Cl)c1. The fraction of sp³-hybridized carbons (Fsp3) is 0.160. The number of nitro groups is 1. The van der Waals surface area contributed by atoms with E-state index in [1.165, 1.54) is 6.07 Å². The summed E-state index contributed by atoms with van der Waals surface area (Å²) in [5.74, 6) is 0. The monoisotopic (exact) mass is 550 g/mol. The van der Waals surface area contributed by atoms with Crippen molar-refractivity contribution in [3.63, 3.8) is 0 Å². The number of halogens is 4. The Hall–Kier alpha value is -2.61. The fourth-order valence-electron chi connectivity index (χ4n) is 3.68. The third-order valence-corrected chi connectivity index (χ3v) is 6.58. The molecule has 10 heteroatoms. The highest BCUT2D eigenvalue weighted by Gasteiger charge is 2.21. The maximum atomic E-state index is 11.3. The van der Waals surface area contributed by atoms with Crippen LogP contribution in [0.1, 0.15) is 22.8 Å². The molecule has 0 radical (unpaired) electrons. The van der Waals surface area contributed by atoms with Crippen molar-refractivity contribution >= 4 is 52.1 Å². The van der Waals surface area contributed by atoms with Crippen molar-refractivity contribution < 1.29 is 14.2 Å². The van der Waals surface area contributed by atoms with Crippen LogP contribution in [0.4, 0.5) is 5.69 Å². The normalized spacial score (nSPS) is 12.0. The van der Waals surface area contributed by atoms with Crippen molar-refractivity contribution in [3.8, 4) is 0 Å². The van der Waals surface area contributed by atoms with E-state index in [-0.39, 0.29) is 17.2 Å². The zero-order valence-electron chi connectivity index (χ0n) is 18.3. The zero-order chi connectivity index (χ0) is 24.9. The number of hydrogen-bond donors (Lipinski definition) is 0. The van der Waals surface area contributed by atoms with Gasteiger partial charge in [-0.05, 0) is 35.9 Å². The molecule has 0 aliphatic carbocycles. The lowest BCUT2D eigenvalue weighted by Crippen LogP contribution is -2.32. The van der Waals surface area contributed by atoms with Crippen molar-refractivity contribution in [2.75, 3.05) is 0 Å². The molecule has 1 unspecified atom stereocenters. The van der Waals surface area contributed by atoms with E-state index in [1.54, 1.807) is 42.5 Å². The molecule has 0 saturated carbocycles. The molecule has 0 fully saturated rings. The van der Waals surface area contributed by atoms with Crippen LogP contribution in [0.25, 0.3) is 0 Å². The van der Waals surface area contributed by atoms with E-state index < -0.39 is 6.10 Å². The van der Waals surface area contributed by atoms with Gasteiger partial charge in [-0.15, -0.1) is 0 Å². The van der Waals surface area contributed by atoms with Crippen LogP contribution in [0.2, 0.25) is 20.1 Å². The van der Waals surface area contributed by atoms with Gasteiger partial charge in [-0.2, -0.15) is 0 Å². The smallest absolute Gasteiger partial charge is 0.276 e. The van der Waals surface area contributed by atoms with Crippen molar-refractivity contribution in [2.45, 2.75) is 25.8 Å². The molecule has 6 nitrogen and oxygen atoms in total. The molecule has 4 rings (SSSR count). The molecule has 3 aromatic carbocycles. The summed E-state index contributed by atoms with van der Waals surface area (Å²) in [5, 5.41) is 13.4. The number of ether oxygens (including phenoxy) is 1. The Labute approximate surface area is 222 Å². The number of aromatic nitrogens is 2. The predicted octanol–water partition coefficient (Wildman–Crippen LogP) is 7.30. The van der Waals surface area contributed by atoms with Crippen LogP contribution in [0.5, 0.6) is 0 Å². The third kappa shape index (κ3) is 6.54. The van der Waals surface area contributed by atoms with Crippen LogP contribution in [0.3, 0.4) is 0 Å². The molecule has 0 amide bonds. The van der Waals surface area contributed by atoms with E-state index in [2.05, 4.69) is 0 Å². The molecule has 35 heavy (non-hydrogen) atoms. The second-order valence-corrected chi connectivity index (χ2v) is 9.56. The van der Waals surface area contributed by atoms with Gasteiger partial charge < -0.3 is 4.74 Å². The summed E-state index contributed by atoms with van der Waals surface area (Å²) in [6.45, 7) is 1.05. The molecule has 0 aliphatic rings. The molecule has 180 valence electrons. The maximum Gasteiger partial charge on any atom is 0.276 e. The van der Waals surface area contributed by atoms with Gasteiger partial charge in [0.2, 0.25) is 6.33 Å². The van der Waals surface area contributed by atoms with Crippen molar-refractivity contribution in [2.24, 2.45) is 0 Å². The van der Waals surface area contributed by atoms with E-state index in [1.807, 2.05) is 40.0 Å². The van der Waals surface area contributed by atoms with Crippen LogP contribution < -0.4 is 4.57 Å². The van der Waals surface area contributed by atoms with Crippen LogP contribution in [-0.2, 0) is 24.4 Å². The van der Waals surface area contributed by atoms with Gasteiger partial charge in [0.1, 0.15) is 31.6 Å². The highest BCUT2D eigenvalue weighted by atomic mass is 35.5. The predicted molar refractivity (Wildman–Crippen MR) is 137 cm³/mol. The van der Waals surface area contributed by atoms with Crippen LogP contribution in [-0.4, -0.2) is 9.49 Å². The minimum atomic E-state index is -0.418.